The summed E-state index contributed by atoms with van der Waals surface area (Å²) in [6, 6.07) is 5.79. The number of likely N-dealkylation sites (tertiary alicyclic amines) is 1. The second kappa shape index (κ2) is 7.29. The van der Waals surface area contributed by atoms with Gasteiger partial charge in [-0.25, -0.2) is 12.7 Å². The minimum atomic E-state index is -3.44. The van der Waals surface area contributed by atoms with E-state index in [9.17, 15) is 13.2 Å². The van der Waals surface area contributed by atoms with Gasteiger partial charge in [-0.3, -0.25) is 9.69 Å². The summed E-state index contributed by atoms with van der Waals surface area (Å²) in [5.41, 5.74) is 0. The quantitative estimate of drug-likeness (QED) is 0.791. The lowest BCUT2D eigenvalue weighted by Crippen LogP contribution is -2.38. The first kappa shape index (κ1) is 17.7. The molecule has 1 aliphatic heterocycles. The first-order valence-electron chi connectivity index (χ1n) is 7.44. The van der Waals surface area contributed by atoms with Gasteiger partial charge in [0, 0.05) is 20.6 Å². The van der Waals surface area contributed by atoms with Gasteiger partial charge in [0.2, 0.25) is 10.0 Å². The van der Waals surface area contributed by atoms with Crippen LogP contribution in [0.15, 0.2) is 29.2 Å². The van der Waals surface area contributed by atoms with Gasteiger partial charge in [-0.1, -0.05) is 0 Å². The lowest BCUT2D eigenvalue weighted by molar-refractivity contribution is -0.142. The number of hydrogen-bond donors (Lipinski definition) is 1. The van der Waals surface area contributed by atoms with E-state index in [0.29, 0.717) is 25.3 Å². The zero-order valence-electron chi connectivity index (χ0n) is 13.3. The normalized spacial score (nSPS) is 19.2. The standard InChI is InChI=1S/C15H22N2O5S/c1-16(2)23(20,21)13-7-5-12(6-8-13)22-11-10-17-9-3-4-14(17)15(18)19/h5-8,14H,3-4,9-11H2,1-2H3,(H,18,19)/t14-/m0/s1. The third kappa shape index (κ3) is 4.21. The molecule has 0 bridgehead atoms. The number of carboxylic acid groups (broad SMARTS) is 1. The van der Waals surface area contributed by atoms with Crippen LogP contribution in [0.5, 0.6) is 5.75 Å². The molecule has 23 heavy (non-hydrogen) atoms. The van der Waals surface area contributed by atoms with Crippen LogP contribution in [-0.4, -0.2) is 68.5 Å². The SMILES string of the molecule is CN(C)S(=O)(=O)c1ccc(OCCN2CCC[C@H]2C(=O)O)cc1. The summed E-state index contributed by atoms with van der Waals surface area (Å²) < 4.78 is 30.6. The number of aliphatic carboxylic acids is 1. The Morgan fingerprint density at radius 3 is 2.57 bits per heavy atom. The molecule has 0 aliphatic carbocycles. The van der Waals surface area contributed by atoms with Crippen molar-refractivity contribution in [2.45, 2.75) is 23.8 Å². The van der Waals surface area contributed by atoms with Gasteiger partial charge in [0.05, 0.1) is 4.90 Å². The number of benzene rings is 1. The highest BCUT2D eigenvalue weighted by atomic mass is 32.2. The van der Waals surface area contributed by atoms with Crippen LogP contribution in [0.1, 0.15) is 12.8 Å². The second-order valence-electron chi connectivity index (χ2n) is 5.64. The molecule has 7 nitrogen and oxygen atoms in total. The highest BCUT2D eigenvalue weighted by molar-refractivity contribution is 7.89. The molecular formula is C15H22N2O5S. The summed E-state index contributed by atoms with van der Waals surface area (Å²) in [7, 11) is -0.478. The van der Waals surface area contributed by atoms with Crippen LogP contribution in [-0.2, 0) is 14.8 Å². The summed E-state index contributed by atoms with van der Waals surface area (Å²) in [5.74, 6) is -0.227. The van der Waals surface area contributed by atoms with Gasteiger partial charge < -0.3 is 9.84 Å². The van der Waals surface area contributed by atoms with E-state index in [0.717, 1.165) is 17.3 Å². The van der Waals surface area contributed by atoms with Crippen molar-refractivity contribution in [1.29, 1.82) is 0 Å². The Morgan fingerprint density at radius 2 is 2.00 bits per heavy atom. The molecule has 1 aromatic rings. The molecule has 1 fully saturated rings. The first-order valence-corrected chi connectivity index (χ1v) is 8.88. The molecule has 1 N–H and O–H groups in total. The van der Waals surface area contributed by atoms with E-state index >= 15 is 0 Å². The van der Waals surface area contributed by atoms with Crippen molar-refractivity contribution in [2.75, 3.05) is 33.8 Å². The van der Waals surface area contributed by atoms with E-state index in [1.165, 1.54) is 26.2 Å². The summed E-state index contributed by atoms with van der Waals surface area (Å²) >= 11 is 0. The van der Waals surface area contributed by atoms with Gasteiger partial charge in [-0.2, -0.15) is 0 Å². The van der Waals surface area contributed by atoms with Gasteiger partial charge >= 0.3 is 5.97 Å². The van der Waals surface area contributed by atoms with Crippen LogP contribution in [0.25, 0.3) is 0 Å². The number of ether oxygens (including phenoxy) is 1. The number of nitrogens with zero attached hydrogens (tertiary/aromatic N) is 2. The van der Waals surface area contributed by atoms with Gasteiger partial charge in [0.15, 0.2) is 0 Å². The monoisotopic (exact) mass is 342 g/mol. The van der Waals surface area contributed by atoms with Crippen LogP contribution in [0.2, 0.25) is 0 Å². The molecule has 0 aromatic heterocycles. The molecule has 0 amide bonds. The van der Waals surface area contributed by atoms with Gasteiger partial charge in [-0.05, 0) is 43.7 Å². The van der Waals surface area contributed by atoms with Gasteiger partial charge in [-0.15, -0.1) is 0 Å². The molecule has 1 atom stereocenters. The number of rotatable bonds is 7. The van der Waals surface area contributed by atoms with E-state index in [4.69, 9.17) is 9.84 Å². The molecule has 2 rings (SSSR count). The third-order valence-corrected chi connectivity index (χ3v) is 5.73. The third-order valence-electron chi connectivity index (χ3n) is 3.90. The largest absolute Gasteiger partial charge is 0.492 e. The summed E-state index contributed by atoms with van der Waals surface area (Å²) in [6.07, 6.45) is 1.56. The second-order valence-corrected chi connectivity index (χ2v) is 7.79. The maximum atomic E-state index is 12.0. The average Bonchev–Trinajstić information content (AvgIpc) is 2.96. The fourth-order valence-corrected chi connectivity index (χ4v) is 3.47. The van der Waals surface area contributed by atoms with Crippen molar-refractivity contribution in [2.24, 2.45) is 0 Å². The molecule has 8 heteroatoms. The number of carbonyl (C=O) groups is 1. The molecule has 1 saturated heterocycles. The summed E-state index contributed by atoms with van der Waals surface area (Å²) in [6.45, 7) is 1.67. The molecular weight excluding hydrogens is 320 g/mol. The number of sulfonamides is 1. The molecule has 128 valence electrons. The lowest BCUT2D eigenvalue weighted by atomic mass is 10.2. The highest BCUT2D eigenvalue weighted by Crippen LogP contribution is 2.19. The Bertz CT molecular complexity index is 642. The maximum Gasteiger partial charge on any atom is 0.320 e. The first-order chi connectivity index (χ1) is 10.8. The van der Waals surface area contributed by atoms with Gasteiger partial charge in [0.25, 0.3) is 0 Å². The van der Waals surface area contributed by atoms with Crippen molar-refractivity contribution in [3.05, 3.63) is 24.3 Å². The topological polar surface area (TPSA) is 87.2 Å². The zero-order chi connectivity index (χ0) is 17.0. The fraction of sp³-hybridized carbons (Fsp3) is 0.533. The van der Waals surface area contributed by atoms with Crippen LogP contribution in [0.3, 0.4) is 0 Å². The van der Waals surface area contributed by atoms with Crippen molar-refractivity contribution in [3.63, 3.8) is 0 Å². The van der Waals surface area contributed by atoms with Crippen molar-refractivity contribution >= 4 is 16.0 Å². The average molecular weight is 342 g/mol. The van der Waals surface area contributed by atoms with Crippen LogP contribution in [0.4, 0.5) is 0 Å². The molecule has 0 spiro atoms. The van der Waals surface area contributed by atoms with Crippen molar-refractivity contribution in [1.82, 2.24) is 9.21 Å². The zero-order valence-corrected chi connectivity index (χ0v) is 14.1. The summed E-state index contributed by atoms with van der Waals surface area (Å²) in [5, 5.41) is 9.11. The predicted molar refractivity (Wildman–Crippen MR) is 85.0 cm³/mol. The molecule has 1 aliphatic rings. The Morgan fingerprint density at radius 1 is 1.35 bits per heavy atom. The maximum absolute atomic E-state index is 12.0. The predicted octanol–water partition coefficient (Wildman–Crippen LogP) is 0.865. The Labute approximate surface area is 136 Å². The van der Waals surface area contributed by atoms with E-state index in [2.05, 4.69) is 0 Å². The smallest absolute Gasteiger partial charge is 0.320 e. The lowest BCUT2D eigenvalue weighted by Gasteiger charge is -2.20. The molecule has 0 saturated carbocycles. The van der Waals surface area contributed by atoms with Crippen molar-refractivity contribution < 1.29 is 23.1 Å². The van der Waals surface area contributed by atoms with Crippen LogP contribution < -0.4 is 4.74 Å². The Balaban J connectivity index is 1.89. The van der Waals surface area contributed by atoms with Crippen LogP contribution in [0, 0.1) is 0 Å². The Hall–Kier alpha value is -1.64. The van der Waals surface area contributed by atoms with E-state index in [-0.39, 0.29) is 4.90 Å². The molecule has 0 unspecified atom stereocenters. The molecule has 1 heterocycles. The van der Waals surface area contributed by atoms with Crippen molar-refractivity contribution in [3.8, 4) is 5.75 Å². The fourth-order valence-electron chi connectivity index (χ4n) is 2.57. The number of hydrogen-bond acceptors (Lipinski definition) is 5. The minimum absolute atomic E-state index is 0.209. The summed E-state index contributed by atoms with van der Waals surface area (Å²) in [4.78, 5) is 13.2. The van der Waals surface area contributed by atoms with Gasteiger partial charge in [0.1, 0.15) is 18.4 Å². The van der Waals surface area contributed by atoms with E-state index < -0.39 is 22.0 Å². The minimum Gasteiger partial charge on any atom is -0.492 e. The Kier molecular flexibility index (Phi) is 5.61. The highest BCUT2D eigenvalue weighted by Gasteiger charge is 2.29. The van der Waals surface area contributed by atoms with Crippen LogP contribution >= 0.6 is 0 Å². The molecule has 1 aromatic carbocycles. The number of carboxylic acids is 1. The van der Waals surface area contributed by atoms with E-state index in [1.54, 1.807) is 12.1 Å². The van der Waals surface area contributed by atoms with E-state index in [1.807, 2.05) is 4.90 Å². The molecule has 0 radical (unpaired) electrons.